The van der Waals surface area contributed by atoms with Gasteiger partial charge in [0, 0.05) is 12.1 Å². The van der Waals surface area contributed by atoms with Crippen molar-refractivity contribution in [1.29, 1.82) is 0 Å². The minimum Gasteiger partial charge on any atom is -0.336 e. The van der Waals surface area contributed by atoms with Gasteiger partial charge in [0.2, 0.25) is 5.91 Å². The SMILES string of the molecule is CC(C)C(Br)C(=O)N1C2CCCC1CC2. The molecule has 2 saturated heterocycles. The van der Waals surface area contributed by atoms with Gasteiger partial charge in [0.15, 0.2) is 0 Å². The number of halogens is 1. The maximum Gasteiger partial charge on any atom is 0.237 e. The van der Waals surface area contributed by atoms with Crippen LogP contribution in [0.3, 0.4) is 0 Å². The van der Waals surface area contributed by atoms with Crippen molar-refractivity contribution in [1.82, 2.24) is 4.90 Å². The van der Waals surface area contributed by atoms with Crippen molar-refractivity contribution < 1.29 is 4.79 Å². The van der Waals surface area contributed by atoms with Crippen LogP contribution in [0.25, 0.3) is 0 Å². The van der Waals surface area contributed by atoms with Crippen LogP contribution >= 0.6 is 15.9 Å². The molecule has 0 N–H and O–H groups in total. The van der Waals surface area contributed by atoms with Crippen LogP contribution in [-0.2, 0) is 4.79 Å². The number of rotatable bonds is 2. The smallest absolute Gasteiger partial charge is 0.237 e. The first-order chi connectivity index (χ1) is 7.11. The molecule has 2 rings (SSSR count). The summed E-state index contributed by atoms with van der Waals surface area (Å²) < 4.78 is 0. The molecule has 86 valence electrons. The molecule has 2 aliphatic heterocycles. The van der Waals surface area contributed by atoms with E-state index in [4.69, 9.17) is 0 Å². The molecule has 0 saturated carbocycles. The Morgan fingerprint density at radius 2 is 1.73 bits per heavy atom. The topological polar surface area (TPSA) is 20.3 Å². The van der Waals surface area contributed by atoms with E-state index < -0.39 is 0 Å². The van der Waals surface area contributed by atoms with Crippen molar-refractivity contribution >= 4 is 21.8 Å². The predicted molar refractivity (Wildman–Crippen MR) is 65.1 cm³/mol. The standard InChI is InChI=1S/C12H20BrNO/c1-8(2)11(13)12(15)14-9-4-3-5-10(14)7-6-9/h8-11H,3-7H2,1-2H3. The van der Waals surface area contributed by atoms with E-state index in [-0.39, 0.29) is 4.83 Å². The molecule has 15 heavy (non-hydrogen) atoms. The normalized spacial score (nSPS) is 32.1. The Morgan fingerprint density at radius 3 is 2.20 bits per heavy atom. The lowest BCUT2D eigenvalue weighted by Crippen LogP contribution is -2.48. The highest BCUT2D eigenvalue weighted by molar-refractivity contribution is 9.10. The highest BCUT2D eigenvalue weighted by atomic mass is 79.9. The Bertz CT molecular complexity index is 238. The van der Waals surface area contributed by atoms with Gasteiger partial charge in [0.05, 0.1) is 4.83 Å². The lowest BCUT2D eigenvalue weighted by Gasteiger charge is -2.36. The molecule has 0 radical (unpaired) electrons. The largest absolute Gasteiger partial charge is 0.336 e. The van der Waals surface area contributed by atoms with Crippen LogP contribution in [0.15, 0.2) is 0 Å². The molecule has 3 unspecified atom stereocenters. The summed E-state index contributed by atoms with van der Waals surface area (Å²) in [5.74, 6) is 0.719. The van der Waals surface area contributed by atoms with Gasteiger partial charge in [0.1, 0.15) is 0 Å². The average molecular weight is 274 g/mol. The quantitative estimate of drug-likeness (QED) is 0.709. The van der Waals surface area contributed by atoms with Gasteiger partial charge in [-0.05, 0) is 38.0 Å². The summed E-state index contributed by atoms with van der Waals surface area (Å²) in [4.78, 5) is 14.5. The zero-order valence-corrected chi connectivity index (χ0v) is 11.2. The van der Waals surface area contributed by atoms with Gasteiger partial charge in [-0.1, -0.05) is 29.8 Å². The molecule has 2 heterocycles. The lowest BCUT2D eigenvalue weighted by molar-refractivity contribution is -0.135. The van der Waals surface area contributed by atoms with Gasteiger partial charge in [0.25, 0.3) is 0 Å². The second-order valence-corrected chi connectivity index (χ2v) is 6.19. The number of nitrogens with zero attached hydrogens (tertiary/aromatic N) is 1. The molecule has 2 nitrogen and oxygen atoms in total. The monoisotopic (exact) mass is 273 g/mol. The van der Waals surface area contributed by atoms with Crippen molar-refractivity contribution in [3.63, 3.8) is 0 Å². The Labute approximate surface area is 101 Å². The molecule has 1 amide bonds. The number of piperidine rings is 1. The minimum absolute atomic E-state index is 0.0127. The molecule has 3 atom stereocenters. The zero-order valence-electron chi connectivity index (χ0n) is 9.58. The van der Waals surface area contributed by atoms with Gasteiger partial charge < -0.3 is 4.90 Å². The molecule has 0 spiro atoms. The van der Waals surface area contributed by atoms with Crippen molar-refractivity contribution in [2.45, 2.75) is 62.9 Å². The lowest BCUT2D eigenvalue weighted by atomic mass is 10.0. The van der Waals surface area contributed by atoms with Crippen molar-refractivity contribution in [3.8, 4) is 0 Å². The fraction of sp³-hybridized carbons (Fsp3) is 0.917. The highest BCUT2D eigenvalue weighted by Gasteiger charge is 2.41. The maximum absolute atomic E-state index is 12.3. The molecular weight excluding hydrogens is 254 g/mol. The van der Waals surface area contributed by atoms with E-state index in [0.29, 0.717) is 23.9 Å². The second kappa shape index (κ2) is 4.44. The fourth-order valence-electron chi connectivity index (χ4n) is 2.90. The Morgan fingerprint density at radius 1 is 1.20 bits per heavy atom. The Hall–Kier alpha value is -0.0500. The van der Waals surface area contributed by atoms with Crippen LogP contribution in [0.4, 0.5) is 0 Å². The van der Waals surface area contributed by atoms with E-state index in [1.165, 1.54) is 32.1 Å². The number of carbonyl (C=O) groups is 1. The van der Waals surface area contributed by atoms with Crippen molar-refractivity contribution in [2.24, 2.45) is 5.92 Å². The molecule has 0 aromatic carbocycles. The molecule has 3 heteroatoms. The predicted octanol–water partition coefficient (Wildman–Crippen LogP) is 2.95. The highest BCUT2D eigenvalue weighted by Crippen LogP contribution is 2.37. The number of amides is 1. The van der Waals surface area contributed by atoms with E-state index in [0.717, 1.165) is 0 Å². The van der Waals surface area contributed by atoms with E-state index in [1.54, 1.807) is 0 Å². The van der Waals surface area contributed by atoms with Crippen molar-refractivity contribution in [3.05, 3.63) is 0 Å². The number of fused-ring (bicyclic) bond motifs is 2. The molecule has 2 fully saturated rings. The van der Waals surface area contributed by atoms with E-state index in [9.17, 15) is 4.79 Å². The van der Waals surface area contributed by atoms with Gasteiger partial charge >= 0.3 is 0 Å². The fourth-order valence-corrected chi connectivity index (χ4v) is 3.14. The number of hydrogen-bond donors (Lipinski definition) is 0. The Balaban J connectivity index is 2.07. The second-order valence-electron chi connectivity index (χ2n) is 5.21. The molecular formula is C12H20BrNO. The van der Waals surface area contributed by atoms with Crippen LogP contribution in [0.2, 0.25) is 0 Å². The maximum atomic E-state index is 12.3. The number of carbonyl (C=O) groups excluding carboxylic acids is 1. The van der Waals surface area contributed by atoms with Crippen LogP contribution in [-0.4, -0.2) is 27.7 Å². The summed E-state index contributed by atoms with van der Waals surface area (Å²) in [6.07, 6.45) is 6.22. The summed E-state index contributed by atoms with van der Waals surface area (Å²) in [5.41, 5.74) is 0. The third-order valence-corrected chi connectivity index (χ3v) is 5.22. The van der Waals surface area contributed by atoms with Crippen LogP contribution in [0.1, 0.15) is 46.0 Å². The summed E-state index contributed by atoms with van der Waals surface area (Å²) in [5, 5.41) is 0. The van der Waals surface area contributed by atoms with E-state index in [2.05, 4.69) is 34.7 Å². The van der Waals surface area contributed by atoms with Gasteiger partial charge in [-0.25, -0.2) is 0 Å². The summed E-state index contributed by atoms with van der Waals surface area (Å²) >= 11 is 3.53. The molecule has 0 aromatic heterocycles. The third kappa shape index (κ3) is 2.08. The Kier molecular flexibility index (Phi) is 3.39. The number of hydrogen-bond acceptors (Lipinski definition) is 1. The van der Waals surface area contributed by atoms with Crippen LogP contribution in [0.5, 0.6) is 0 Å². The summed E-state index contributed by atoms with van der Waals surface area (Å²) in [7, 11) is 0. The van der Waals surface area contributed by atoms with Gasteiger partial charge in [-0.15, -0.1) is 0 Å². The first-order valence-corrected chi connectivity index (χ1v) is 6.99. The molecule has 2 bridgehead atoms. The van der Waals surface area contributed by atoms with E-state index in [1.807, 2.05) is 0 Å². The third-order valence-electron chi connectivity index (χ3n) is 3.77. The summed E-state index contributed by atoms with van der Waals surface area (Å²) in [6, 6.07) is 1.10. The number of alkyl halides is 1. The van der Waals surface area contributed by atoms with Crippen LogP contribution < -0.4 is 0 Å². The van der Waals surface area contributed by atoms with Gasteiger partial charge in [-0.2, -0.15) is 0 Å². The van der Waals surface area contributed by atoms with Crippen LogP contribution in [0, 0.1) is 5.92 Å². The summed E-state index contributed by atoms with van der Waals surface area (Å²) in [6.45, 7) is 4.20. The van der Waals surface area contributed by atoms with Gasteiger partial charge in [-0.3, -0.25) is 4.79 Å². The minimum atomic E-state index is 0.0127. The van der Waals surface area contributed by atoms with Crippen molar-refractivity contribution in [2.75, 3.05) is 0 Å². The molecule has 0 aliphatic carbocycles. The van der Waals surface area contributed by atoms with E-state index >= 15 is 0 Å². The average Bonchev–Trinajstić information content (AvgIpc) is 2.46. The zero-order chi connectivity index (χ0) is 11.0. The first-order valence-electron chi connectivity index (χ1n) is 6.07. The molecule has 0 aromatic rings. The molecule has 2 aliphatic rings. The first kappa shape index (κ1) is 11.4.